The van der Waals surface area contributed by atoms with Crippen molar-refractivity contribution in [2.24, 2.45) is 5.92 Å². The first-order chi connectivity index (χ1) is 9.62. The lowest BCUT2D eigenvalue weighted by Gasteiger charge is -2.23. The third-order valence-corrected chi connectivity index (χ3v) is 3.29. The van der Waals surface area contributed by atoms with Gasteiger partial charge in [0, 0.05) is 5.56 Å². The lowest BCUT2D eigenvalue weighted by Crippen LogP contribution is -2.42. The van der Waals surface area contributed by atoms with Gasteiger partial charge in [-0.25, -0.2) is 4.79 Å². The molecule has 0 heterocycles. The molecule has 116 valence electrons. The molecule has 0 saturated carbocycles. The average Bonchev–Trinajstić information content (AvgIpc) is 2.36. The van der Waals surface area contributed by atoms with Crippen LogP contribution in [0.25, 0.3) is 0 Å². The van der Waals surface area contributed by atoms with Gasteiger partial charge < -0.3 is 10.4 Å². The quantitative estimate of drug-likeness (QED) is 0.875. The van der Waals surface area contributed by atoms with E-state index in [0.717, 1.165) is 5.56 Å². The van der Waals surface area contributed by atoms with Crippen molar-refractivity contribution in [1.82, 2.24) is 5.32 Å². The van der Waals surface area contributed by atoms with Crippen LogP contribution >= 0.6 is 0 Å². The molecule has 0 fully saturated rings. The first kappa shape index (κ1) is 17.2. The summed E-state index contributed by atoms with van der Waals surface area (Å²) in [5.74, 6) is -1.12. The highest BCUT2D eigenvalue weighted by molar-refractivity contribution is 5.98. The van der Waals surface area contributed by atoms with Gasteiger partial charge in [-0.2, -0.15) is 0 Å². The maximum atomic E-state index is 12.4. The lowest BCUT2D eigenvalue weighted by molar-refractivity contribution is -0.139. The van der Waals surface area contributed by atoms with E-state index in [1.807, 2.05) is 46.8 Å². The summed E-state index contributed by atoms with van der Waals surface area (Å²) in [6, 6.07) is 6.48. The second-order valence-electron chi connectivity index (χ2n) is 6.79. The number of amides is 1. The Balaban J connectivity index is 3.01. The summed E-state index contributed by atoms with van der Waals surface area (Å²) in [5.41, 5.74) is 1.28. The second kappa shape index (κ2) is 6.74. The number of carbonyl (C=O) groups is 2. The summed E-state index contributed by atoms with van der Waals surface area (Å²) < 4.78 is 0. The van der Waals surface area contributed by atoms with Crippen LogP contribution in [0.4, 0.5) is 0 Å². The Labute approximate surface area is 126 Å². The maximum Gasteiger partial charge on any atom is 0.326 e. The molecular weight excluding hydrogens is 266 g/mol. The summed E-state index contributed by atoms with van der Waals surface area (Å²) in [4.78, 5) is 23.7. The van der Waals surface area contributed by atoms with Gasteiger partial charge in [0.25, 0.3) is 5.91 Å². The van der Waals surface area contributed by atoms with Crippen molar-refractivity contribution < 1.29 is 14.7 Å². The number of benzene rings is 1. The Morgan fingerprint density at radius 1 is 1.19 bits per heavy atom. The molecule has 0 aliphatic carbocycles. The minimum Gasteiger partial charge on any atom is -0.480 e. The fourth-order valence-electron chi connectivity index (χ4n) is 2.26. The number of rotatable bonds is 5. The molecule has 0 aromatic heterocycles. The van der Waals surface area contributed by atoms with Gasteiger partial charge in [-0.1, -0.05) is 52.8 Å². The van der Waals surface area contributed by atoms with Crippen LogP contribution in [-0.2, 0) is 10.2 Å². The van der Waals surface area contributed by atoms with E-state index >= 15 is 0 Å². The molecule has 1 atom stereocenters. The Morgan fingerprint density at radius 3 is 2.24 bits per heavy atom. The normalized spacial score (nSPS) is 13.0. The standard InChI is InChI=1S/C17H25NO3/c1-11(2)10-14(16(20)21)18-15(19)12-8-6-7-9-13(12)17(3,4)5/h6-9,11,14H,10H2,1-5H3,(H,18,19)(H,20,21). The molecule has 0 bridgehead atoms. The van der Waals surface area contributed by atoms with E-state index in [1.54, 1.807) is 12.1 Å². The fourth-order valence-corrected chi connectivity index (χ4v) is 2.26. The van der Waals surface area contributed by atoms with E-state index in [2.05, 4.69) is 5.32 Å². The van der Waals surface area contributed by atoms with Gasteiger partial charge in [-0.3, -0.25) is 4.79 Å². The topological polar surface area (TPSA) is 66.4 Å². The average molecular weight is 291 g/mol. The van der Waals surface area contributed by atoms with Crippen molar-refractivity contribution in [2.45, 2.75) is 52.5 Å². The third-order valence-electron chi connectivity index (χ3n) is 3.29. The van der Waals surface area contributed by atoms with Gasteiger partial charge >= 0.3 is 5.97 Å². The molecule has 0 spiro atoms. The molecule has 0 aliphatic heterocycles. The van der Waals surface area contributed by atoms with Crippen LogP contribution in [0, 0.1) is 5.92 Å². The van der Waals surface area contributed by atoms with E-state index in [4.69, 9.17) is 0 Å². The van der Waals surface area contributed by atoms with Crippen LogP contribution in [0.15, 0.2) is 24.3 Å². The predicted octanol–water partition coefficient (Wildman–Crippen LogP) is 3.21. The number of hydrogen-bond acceptors (Lipinski definition) is 2. The van der Waals surface area contributed by atoms with E-state index < -0.39 is 12.0 Å². The van der Waals surface area contributed by atoms with Crippen LogP contribution in [0.1, 0.15) is 57.0 Å². The van der Waals surface area contributed by atoms with E-state index in [1.165, 1.54) is 0 Å². The summed E-state index contributed by atoms with van der Waals surface area (Å²) >= 11 is 0. The molecule has 1 amide bonds. The summed E-state index contributed by atoms with van der Waals surface area (Å²) in [7, 11) is 0. The molecule has 1 unspecified atom stereocenters. The van der Waals surface area contributed by atoms with Crippen molar-refractivity contribution in [1.29, 1.82) is 0 Å². The van der Waals surface area contributed by atoms with Gasteiger partial charge in [0.2, 0.25) is 0 Å². The molecule has 1 rings (SSSR count). The molecule has 0 saturated heterocycles. The van der Waals surface area contributed by atoms with Gasteiger partial charge in [0.1, 0.15) is 6.04 Å². The van der Waals surface area contributed by atoms with Crippen molar-refractivity contribution in [3.8, 4) is 0 Å². The Kier molecular flexibility index (Phi) is 5.53. The second-order valence-corrected chi connectivity index (χ2v) is 6.79. The van der Waals surface area contributed by atoms with Gasteiger partial charge in [-0.05, 0) is 29.4 Å². The minimum atomic E-state index is -0.995. The van der Waals surface area contributed by atoms with Gasteiger partial charge in [-0.15, -0.1) is 0 Å². The monoisotopic (exact) mass is 291 g/mol. The third kappa shape index (κ3) is 4.88. The van der Waals surface area contributed by atoms with Crippen LogP contribution < -0.4 is 5.32 Å². The maximum absolute atomic E-state index is 12.4. The SMILES string of the molecule is CC(C)CC(NC(=O)c1ccccc1C(C)(C)C)C(=O)O. The first-order valence-corrected chi connectivity index (χ1v) is 7.26. The molecule has 1 aromatic rings. The van der Waals surface area contributed by atoms with E-state index in [9.17, 15) is 14.7 Å². The van der Waals surface area contributed by atoms with Crippen LogP contribution in [0.5, 0.6) is 0 Å². The molecule has 4 heteroatoms. The first-order valence-electron chi connectivity index (χ1n) is 7.26. The Bertz CT molecular complexity index is 515. The van der Waals surface area contributed by atoms with Crippen molar-refractivity contribution in [3.05, 3.63) is 35.4 Å². The highest BCUT2D eigenvalue weighted by Crippen LogP contribution is 2.25. The Hall–Kier alpha value is -1.84. The molecule has 0 aliphatic rings. The number of carbonyl (C=O) groups excluding carboxylic acids is 1. The Morgan fingerprint density at radius 2 is 1.76 bits per heavy atom. The number of nitrogens with one attached hydrogen (secondary N) is 1. The van der Waals surface area contributed by atoms with Crippen molar-refractivity contribution in [2.75, 3.05) is 0 Å². The number of hydrogen-bond donors (Lipinski definition) is 2. The van der Waals surface area contributed by atoms with Crippen LogP contribution in [0.2, 0.25) is 0 Å². The molecule has 0 radical (unpaired) electrons. The largest absolute Gasteiger partial charge is 0.480 e. The lowest BCUT2D eigenvalue weighted by atomic mass is 9.83. The summed E-state index contributed by atoms with van der Waals surface area (Å²) in [5, 5.41) is 11.9. The smallest absolute Gasteiger partial charge is 0.326 e. The van der Waals surface area contributed by atoms with E-state index in [0.29, 0.717) is 12.0 Å². The van der Waals surface area contributed by atoms with Crippen molar-refractivity contribution >= 4 is 11.9 Å². The molecule has 1 aromatic carbocycles. The fraction of sp³-hybridized carbons (Fsp3) is 0.529. The molecule has 2 N–H and O–H groups in total. The van der Waals surface area contributed by atoms with Crippen molar-refractivity contribution in [3.63, 3.8) is 0 Å². The number of carboxylic acids is 1. The van der Waals surface area contributed by atoms with Gasteiger partial charge in [0.15, 0.2) is 0 Å². The van der Waals surface area contributed by atoms with Gasteiger partial charge in [0.05, 0.1) is 0 Å². The van der Waals surface area contributed by atoms with E-state index in [-0.39, 0.29) is 17.2 Å². The number of carboxylic acid groups (broad SMARTS) is 1. The zero-order valence-electron chi connectivity index (χ0n) is 13.4. The molecule has 4 nitrogen and oxygen atoms in total. The minimum absolute atomic E-state index is 0.176. The number of aliphatic carboxylic acids is 1. The molecular formula is C17H25NO3. The van der Waals surface area contributed by atoms with Crippen LogP contribution in [-0.4, -0.2) is 23.0 Å². The highest BCUT2D eigenvalue weighted by Gasteiger charge is 2.25. The highest BCUT2D eigenvalue weighted by atomic mass is 16.4. The summed E-state index contributed by atoms with van der Waals surface area (Å²) in [6.45, 7) is 9.96. The zero-order chi connectivity index (χ0) is 16.2. The zero-order valence-corrected chi connectivity index (χ0v) is 13.4. The summed E-state index contributed by atoms with van der Waals surface area (Å²) in [6.07, 6.45) is 0.415. The van der Waals surface area contributed by atoms with Crippen LogP contribution in [0.3, 0.4) is 0 Å². The predicted molar refractivity (Wildman–Crippen MR) is 83.5 cm³/mol. The molecule has 21 heavy (non-hydrogen) atoms.